The van der Waals surface area contributed by atoms with E-state index in [0.717, 1.165) is 10.5 Å². The summed E-state index contributed by atoms with van der Waals surface area (Å²) in [7, 11) is 0. The van der Waals surface area contributed by atoms with Gasteiger partial charge in [-0.2, -0.15) is 0 Å². The Morgan fingerprint density at radius 1 is 1.54 bits per heavy atom. The highest BCUT2D eigenvalue weighted by Gasteiger charge is 2.11. The molecule has 0 aliphatic rings. The highest BCUT2D eigenvalue weighted by atomic mass is 32.2. The van der Waals surface area contributed by atoms with Gasteiger partial charge in [0.25, 0.3) is 0 Å². The van der Waals surface area contributed by atoms with Gasteiger partial charge in [-0.1, -0.05) is 18.3 Å². The van der Waals surface area contributed by atoms with Gasteiger partial charge in [-0.25, -0.2) is 0 Å². The fourth-order valence-corrected chi connectivity index (χ4v) is 1.97. The lowest BCUT2D eigenvalue weighted by atomic mass is 10.1. The molecular formula is C9H11NOS2. The number of thioether (sulfide) groups is 1. The lowest BCUT2D eigenvalue weighted by Crippen LogP contribution is -2.11. The van der Waals surface area contributed by atoms with Crippen LogP contribution >= 0.6 is 24.0 Å². The van der Waals surface area contributed by atoms with Gasteiger partial charge in [0, 0.05) is 4.90 Å². The van der Waals surface area contributed by atoms with E-state index in [2.05, 4.69) is 0 Å². The highest BCUT2D eigenvalue weighted by Crippen LogP contribution is 2.30. The number of phenolic OH excluding ortho intramolecular Hbond substituents is 1. The van der Waals surface area contributed by atoms with Crippen LogP contribution in [0.4, 0.5) is 0 Å². The van der Waals surface area contributed by atoms with E-state index in [0.29, 0.717) is 5.56 Å². The Morgan fingerprint density at radius 3 is 2.62 bits per heavy atom. The Balaban J connectivity index is 3.41. The number of hydrogen-bond acceptors (Lipinski definition) is 3. The standard InChI is InChI=1S/C9H11NOS2/c1-5-3-4-6(13-2)7(8(5)11)9(10)12/h3-4,11H,1-2H3,(H2,10,12). The second kappa shape index (κ2) is 3.98. The molecule has 0 aromatic heterocycles. The van der Waals surface area contributed by atoms with Gasteiger partial charge in [-0.3, -0.25) is 0 Å². The first-order valence-electron chi connectivity index (χ1n) is 3.74. The average Bonchev–Trinajstić information content (AvgIpc) is 2.08. The smallest absolute Gasteiger partial charge is 0.129 e. The summed E-state index contributed by atoms with van der Waals surface area (Å²) in [5.41, 5.74) is 6.90. The summed E-state index contributed by atoms with van der Waals surface area (Å²) in [6, 6.07) is 3.76. The van der Waals surface area contributed by atoms with Gasteiger partial charge >= 0.3 is 0 Å². The molecule has 1 rings (SSSR count). The summed E-state index contributed by atoms with van der Waals surface area (Å²) < 4.78 is 0. The van der Waals surface area contributed by atoms with Crippen molar-refractivity contribution in [3.8, 4) is 5.75 Å². The summed E-state index contributed by atoms with van der Waals surface area (Å²) in [5, 5.41) is 9.70. The molecule has 4 heteroatoms. The maximum absolute atomic E-state index is 9.70. The van der Waals surface area contributed by atoms with Gasteiger partial charge in [0.15, 0.2) is 0 Å². The van der Waals surface area contributed by atoms with Gasteiger partial charge in [0.2, 0.25) is 0 Å². The molecule has 0 fully saturated rings. The molecule has 0 spiro atoms. The Hall–Kier alpha value is -0.740. The van der Waals surface area contributed by atoms with Gasteiger partial charge in [0.05, 0.1) is 5.56 Å². The van der Waals surface area contributed by atoms with Crippen LogP contribution in [0.25, 0.3) is 0 Å². The molecule has 0 radical (unpaired) electrons. The minimum Gasteiger partial charge on any atom is -0.507 e. The molecule has 2 nitrogen and oxygen atoms in total. The van der Waals surface area contributed by atoms with Crippen LogP contribution in [0.5, 0.6) is 5.75 Å². The third kappa shape index (κ3) is 1.95. The second-order valence-electron chi connectivity index (χ2n) is 2.67. The van der Waals surface area contributed by atoms with E-state index in [-0.39, 0.29) is 10.7 Å². The van der Waals surface area contributed by atoms with Crippen molar-refractivity contribution in [1.29, 1.82) is 0 Å². The van der Waals surface area contributed by atoms with Gasteiger partial charge in [-0.05, 0) is 24.8 Å². The van der Waals surface area contributed by atoms with E-state index < -0.39 is 0 Å². The Labute approximate surface area is 87.1 Å². The maximum Gasteiger partial charge on any atom is 0.129 e. The van der Waals surface area contributed by atoms with Gasteiger partial charge in [-0.15, -0.1) is 11.8 Å². The fourth-order valence-electron chi connectivity index (χ4n) is 1.09. The van der Waals surface area contributed by atoms with Crippen molar-refractivity contribution in [2.75, 3.05) is 6.26 Å². The lowest BCUT2D eigenvalue weighted by Gasteiger charge is -2.09. The van der Waals surface area contributed by atoms with Crippen molar-refractivity contribution < 1.29 is 5.11 Å². The maximum atomic E-state index is 9.70. The van der Waals surface area contributed by atoms with Gasteiger partial charge < -0.3 is 10.8 Å². The molecule has 0 amide bonds. The predicted molar refractivity (Wildman–Crippen MR) is 60.5 cm³/mol. The van der Waals surface area contributed by atoms with E-state index >= 15 is 0 Å². The topological polar surface area (TPSA) is 46.2 Å². The van der Waals surface area contributed by atoms with Crippen molar-refractivity contribution in [1.82, 2.24) is 0 Å². The first-order chi connectivity index (χ1) is 6.07. The summed E-state index contributed by atoms with van der Waals surface area (Å²) in [6.45, 7) is 1.82. The molecule has 0 bridgehead atoms. The third-order valence-corrected chi connectivity index (χ3v) is 2.79. The molecule has 0 saturated carbocycles. The number of aryl methyl sites for hydroxylation is 1. The Kier molecular flexibility index (Phi) is 3.17. The van der Waals surface area contributed by atoms with E-state index in [1.807, 2.05) is 25.3 Å². The number of nitrogens with two attached hydrogens (primary N) is 1. The largest absolute Gasteiger partial charge is 0.507 e. The van der Waals surface area contributed by atoms with Crippen LogP contribution in [0.2, 0.25) is 0 Å². The molecule has 0 atom stereocenters. The minimum atomic E-state index is 0.194. The number of rotatable bonds is 2. The molecule has 0 aliphatic carbocycles. The van der Waals surface area contributed by atoms with Crippen molar-refractivity contribution in [2.24, 2.45) is 5.73 Å². The number of benzene rings is 1. The fraction of sp³-hybridized carbons (Fsp3) is 0.222. The molecule has 0 aliphatic heterocycles. The molecular weight excluding hydrogens is 202 g/mol. The molecule has 0 heterocycles. The van der Waals surface area contributed by atoms with Crippen LogP contribution in [-0.4, -0.2) is 16.4 Å². The number of aromatic hydroxyl groups is 1. The van der Waals surface area contributed by atoms with E-state index in [1.54, 1.807) is 0 Å². The summed E-state index contributed by atoms with van der Waals surface area (Å²) in [5.74, 6) is 0.194. The van der Waals surface area contributed by atoms with Crippen LogP contribution in [0.15, 0.2) is 17.0 Å². The minimum absolute atomic E-state index is 0.194. The van der Waals surface area contributed by atoms with Crippen LogP contribution < -0.4 is 5.73 Å². The average molecular weight is 213 g/mol. The third-order valence-electron chi connectivity index (χ3n) is 1.81. The van der Waals surface area contributed by atoms with Crippen LogP contribution in [0.3, 0.4) is 0 Å². The number of thiocarbonyl (C=S) groups is 1. The molecule has 0 unspecified atom stereocenters. The molecule has 0 saturated heterocycles. The first-order valence-corrected chi connectivity index (χ1v) is 5.37. The lowest BCUT2D eigenvalue weighted by molar-refractivity contribution is 0.468. The molecule has 3 N–H and O–H groups in total. The SMILES string of the molecule is CSc1ccc(C)c(O)c1C(N)=S. The Bertz CT molecular complexity index is 350. The highest BCUT2D eigenvalue weighted by molar-refractivity contribution is 7.98. The van der Waals surface area contributed by atoms with Crippen molar-refractivity contribution in [3.05, 3.63) is 23.3 Å². The molecule has 1 aromatic carbocycles. The molecule has 70 valence electrons. The molecule has 1 aromatic rings. The monoisotopic (exact) mass is 213 g/mol. The number of phenols is 1. The predicted octanol–water partition coefficient (Wildman–Crippen LogP) is 2.06. The van der Waals surface area contributed by atoms with Crippen molar-refractivity contribution in [2.45, 2.75) is 11.8 Å². The zero-order valence-corrected chi connectivity index (χ0v) is 9.13. The summed E-state index contributed by atoms with van der Waals surface area (Å²) in [4.78, 5) is 1.15. The summed E-state index contributed by atoms with van der Waals surface area (Å²) in [6.07, 6.45) is 1.92. The normalized spacial score (nSPS) is 10.0. The van der Waals surface area contributed by atoms with Crippen LogP contribution in [-0.2, 0) is 0 Å². The van der Waals surface area contributed by atoms with Gasteiger partial charge in [0.1, 0.15) is 10.7 Å². The Morgan fingerprint density at radius 2 is 2.15 bits per heavy atom. The summed E-state index contributed by atoms with van der Waals surface area (Å²) >= 11 is 6.39. The zero-order valence-electron chi connectivity index (χ0n) is 7.50. The first kappa shape index (κ1) is 10.3. The quantitative estimate of drug-likeness (QED) is 0.583. The van der Waals surface area contributed by atoms with Crippen LogP contribution in [0, 0.1) is 6.92 Å². The zero-order chi connectivity index (χ0) is 10.0. The van der Waals surface area contributed by atoms with Crippen LogP contribution in [0.1, 0.15) is 11.1 Å². The molecule has 13 heavy (non-hydrogen) atoms. The van der Waals surface area contributed by atoms with E-state index in [9.17, 15) is 5.11 Å². The van der Waals surface area contributed by atoms with E-state index in [1.165, 1.54) is 11.8 Å². The second-order valence-corrected chi connectivity index (χ2v) is 3.96. The van der Waals surface area contributed by atoms with Crippen molar-refractivity contribution in [3.63, 3.8) is 0 Å². The number of hydrogen-bond donors (Lipinski definition) is 2. The van der Waals surface area contributed by atoms with E-state index in [4.69, 9.17) is 18.0 Å². The van der Waals surface area contributed by atoms with Crippen molar-refractivity contribution >= 4 is 29.0 Å².